The lowest BCUT2D eigenvalue weighted by Gasteiger charge is -2.32. The number of urea groups is 1. The number of carbonyl (C=O) groups is 3. The van der Waals surface area contributed by atoms with Gasteiger partial charge in [0.1, 0.15) is 23.9 Å². The number of hydrogen-bond acceptors (Lipinski definition) is 4. The Morgan fingerprint density at radius 1 is 1.26 bits per heavy atom. The zero-order valence-electron chi connectivity index (χ0n) is 18.3. The third-order valence-corrected chi connectivity index (χ3v) is 6.82. The summed E-state index contributed by atoms with van der Waals surface area (Å²) in [5.41, 5.74) is -0.606. The van der Waals surface area contributed by atoms with E-state index in [1.165, 1.54) is 12.1 Å². The molecule has 1 saturated heterocycles. The summed E-state index contributed by atoms with van der Waals surface area (Å²) in [7, 11) is 0. The van der Waals surface area contributed by atoms with Gasteiger partial charge in [0.15, 0.2) is 0 Å². The number of hydrogen-bond donors (Lipinski definition) is 2. The monoisotopic (exact) mass is 557 g/mol. The van der Waals surface area contributed by atoms with Gasteiger partial charge in [-0.2, -0.15) is 13.2 Å². The number of aliphatic hydroxyl groups is 1. The first-order chi connectivity index (χ1) is 16.3. The molecule has 2 N–H and O–H groups in total. The lowest BCUT2D eigenvalue weighted by Crippen LogP contribution is -2.51. The van der Waals surface area contributed by atoms with Crippen LogP contribution in [-0.2, 0) is 21.7 Å². The Kier molecular flexibility index (Phi) is 6.39. The molecule has 0 aromatic heterocycles. The highest BCUT2D eigenvalue weighted by Gasteiger charge is 2.58. The molecule has 0 radical (unpaired) electrons. The number of fused-ring (bicyclic) bond motifs is 2. The molecule has 1 unspecified atom stereocenters. The summed E-state index contributed by atoms with van der Waals surface area (Å²) in [6.45, 7) is -0.656. The van der Waals surface area contributed by atoms with E-state index in [0.717, 1.165) is 19.1 Å². The zero-order valence-corrected chi connectivity index (χ0v) is 19.9. The Labute approximate surface area is 205 Å². The first kappa shape index (κ1) is 25.1. The third-order valence-electron chi connectivity index (χ3n) is 6.33. The predicted molar refractivity (Wildman–Crippen MR) is 118 cm³/mol. The smallest absolute Gasteiger partial charge is 0.388 e. The van der Waals surface area contributed by atoms with Crippen molar-refractivity contribution in [3.63, 3.8) is 0 Å². The molecule has 0 bridgehead atoms. The summed E-state index contributed by atoms with van der Waals surface area (Å²) in [5.74, 6) is -2.54. The number of aliphatic hydroxyl groups excluding tert-OH is 1. The Hall–Kier alpha value is -2.99. The summed E-state index contributed by atoms with van der Waals surface area (Å²) >= 11 is 3.28. The minimum absolute atomic E-state index is 0.174. The fourth-order valence-electron chi connectivity index (χ4n) is 4.43. The van der Waals surface area contributed by atoms with Crippen LogP contribution in [0.1, 0.15) is 36.1 Å². The van der Waals surface area contributed by atoms with E-state index in [1.807, 2.05) is 0 Å². The molecular weight excluding hydrogens is 538 g/mol. The Bertz CT molecular complexity index is 1190. The van der Waals surface area contributed by atoms with Gasteiger partial charge in [0.05, 0.1) is 6.10 Å². The second kappa shape index (κ2) is 8.90. The van der Waals surface area contributed by atoms with Crippen LogP contribution in [0.15, 0.2) is 46.9 Å². The summed E-state index contributed by atoms with van der Waals surface area (Å²) in [5, 5.41) is 13.0. The van der Waals surface area contributed by atoms with Crippen molar-refractivity contribution >= 4 is 33.8 Å². The Morgan fingerprint density at radius 2 is 1.91 bits per heavy atom. The van der Waals surface area contributed by atoms with Crippen molar-refractivity contribution < 1.29 is 37.1 Å². The van der Waals surface area contributed by atoms with E-state index in [-0.39, 0.29) is 12.0 Å². The molecule has 35 heavy (non-hydrogen) atoms. The topological polar surface area (TPSA) is 90.0 Å². The van der Waals surface area contributed by atoms with Crippen molar-refractivity contribution in [2.24, 2.45) is 0 Å². The molecule has 1 heterocycles. The van der Waals surface area contributed by atoms with Crippen LogP contribution in [0.25, 0.3) is 0 Å². The maximum Gasteiger partial charge on any atom is 0.408 e. The molecule has 2 aromatic rings. The highest BCUT2D eigenvalue weighted by Crippen LogP contribution is 2.47. The summed E-state index contributed by atoms with van der Waals surface area (Å²) in [6, 6.07) is 6.21. The van der Waals surface area contributed by atoms with E-state index in [9.17, 15) is 37.1 Å². The number of nitrogens with one attached hydrogen (secondary N) is 1. The molecule has 2 aromatic carbocycles. The van der Waals surface area contributed by atoms with Crippen LogP contribution in [0.5, 0.6) is 0 Å². The van der Waals surface area contributed by atoms with E-state index in [2.05, 4.69) is 21.2 Å². The van der Waals surface area contributed by atoms with E-state index in [1.54, 1.807) is 18.2 Å². The lowest BCUT2D eigenvalue weighted by atomic mass is 9.92. The van der Waals surface area contributed by atoms with Gasteiger partial charge in [0.25, 0.3) is 5.91 Å². The highest BCUT2D eigenvalue weighted by molar-refractivity contribution is 9.10. The van der Waals surface area contributed by atoms with Crippen LogP contribution in [0.4, 0.5) is 22.4 Å². The van der Waals surface area contributed by atoms with Crippen LogP contribution in [0.2, 0.25) is 0 Å². The van der Waals surface area contributed by atoms with Crippen molar-refractivity contribution in [2.75, 3.05) is 6.54 Å². The molecule has 4 rings (SSSR count). The molecule has 0 saturated carbocycles. The molecule has 2 aliphatic rings. The van der Waals surface area contributed by atoms with Crippen molar-refractivity contribution in [1.82, 2.24) is 15.1 Å². The minimum atomic E-state index is -4.78. The standard InChI is InChI=1S/C23H20BrF4N3O4/c1-12(23(26,27)28)30(10-13-2-5-15(25)6-3-13)19(33)11-31-20(34)22(29-21(31)35)9-18(32)16-8-14(24)4-7-17(16)22/h2-8,12,18,32H,9-11H2,1H3,(H,29,35)/t12-,18-,22?/m0/s1. The van der Waals surface area contributed by atoms with Gasteiger partial charge in [-0.1, -0.05) is 34.1 Å². The molecule has 12 heteroatoms. The van der Waals surface area contributed by atoms with Gasteiger partial charge < -0.3 is 15.3 Å². The minimum Gasteiger partial charge on any atom is -0.388 e. The molecule has 186 valence electrons. The van der Waals surface area contributed by atoms with Crippen LogP contribution in [0.3, 0.4) is 0 Å². The number of benzene rings is 2. The zero-order chi connectivity index (χ0) is 25.7. The molecule has 7 nitrogen and oxygen atoms in total. The van der Waals surface area contributed by atoms with Crippen LogP contribution in [-0.4, -0.2) is 51.5 Å². The number of imide groups is 1. The molecule has 4 amide bonds. The maximum atomic E-state index is 13.5. The van der Waals surface area contributed by atoms with Gasteiger partial charge in [0.2, 0.25) is 5.91 Å². The molecule has 1 fully saturated rings. The van der Waals surface area contributed by atoms with Gasteiger partial charge >= 0.3 is 12.2 Å². The predicted octanol–water partition coefficient (Wildman–Crippen LogP) is 3.75. The van der Waals surface area contributed by atoms with Crippen molar-refractivity contribution in [3.8, 4) is 0 Å². The van der Waals surface area contributed by atoms with Crippen molar-refractivity contribution in [3.05, 3.63) is 69.4 Å². The average Bonchev–Trinajstić information content (AvgIpc) is 3.19. The number of carbonyl (C=O) groups excluding carboxylic acids is 3. The van der Waals surface area contributed by atoms with Gasteiger partial charge in [-0.25, -0.2) is 9.18 Å². The Morgan fingerprint density at radius 3 is 2.54 bits per heavy atom. The van der Waals surface area contributed by atoms with Gasteiger partial charge in [-0.05, 0) is 47.9 Å². The van der Waals surface area contributed by atoms with Gasteiger partial charge in [0, 0.05) is 17.4 Å². The fraction of sp³-hybridized carbons (Fsp3) is 0.348. The van der Waals surface area contributed by atoms with Crippen molar-refractivity contribution in [2.45, 2.75) is 43.8 Å². The summed E-state index contributed by atoms with van der Waals surface area (Å²) in [6.07, 6.45) is -6.02. The number of nitrogens with zero attached hydrogens (tertiary/aromatic N) is 2. The summed E-state index contributed by atoms with van der Waals surface area (Å²) in [4.78, 5) is 40.1. The number of rotatable bonds is 5. The van der Waals surface area contributed by atoms with E-state index >= 15 is 0 Å². The van der Waals surface area contributed by atoms with Crippen molar-refractivity contribution in [1.29, 1.82) is 0 Å². The third kappa shape index (κ3) is 4.52. The van der Waals surface area contributed by atoms with Gasteiger partial charge in [-0.15, -0.1) is 0 Å². The molecule has 1 aliphatic carbocycles. The van der Waals surface area contributed by atoms with Crippen LogP contribution in [0, 0.1) is 5.82 Å². The first-order valence-corrected chi connectivity index (χ1v) is 11.4. The normalized spacial score (nSPS) is 22.4. The number of amides is 4. The molecule has 1 spiro atoms. The second-order valence-corrected chi connectivity index (χ2v) is 9.46. The fourth-order valence-corrected chi connectivity index (χ4v) is 4.81. The van der Waals surface area contributed by atoms with Crippen LogP contribution < -0.4 is 5.32 Å². The molecule has 3 atom stereocenters. The second-order valence-electron chi connectivity index (χ2n) is 8.54. The maximum absolute atomic E-state index is 13.5. The quantitative estimate of drug-likeness (QED) is 0.433. The average molecular weight is 558 g/mol. The SMILES string of the molecule is C[C@H](N(Cc1ccc(F)cc1)C(=O)CN1C(=O)NC2(C[C@H](O)c3cc(Br)ccc32)C1=O)C(F)(F)F. The number of alkyl halides is 3. The highest BCUT2D eigenvalue weighted by atomic mass is 79.9. The van der Waals surface area contributed by atoms with E-state index < -0.39 is 60.6 Å². The van der Waals surface area contributed by atoms with Gasteiger partial charge in [-0.3, -0.25) is 14.5 Å². The Balaban J connectivity index is 1.60. The summed E-state index contributed by atoms with van der Waals surface area (Å²) < 4.78 is 54.5. The van der Waals surface area contributed by atoms with E-state index in [0.29, 0.717) is 25.4 Å². The van der Waals surface area contributed by atoms with E-state index in [4.69, 9.17) is 0 Å². The largest absolute Gasteiger partial charge is 0.408 e. The lowest BCUT2D eigenvalue weighted by molar-refractivity contribution is -0.187. The van der Waals surface area contributed by atoms with Crippen LogP contribution >= 0.6 is 15.9 Å². The number of halogens is 5. The molecule has 1 aliphatic heterocycles. The molecular formula is C23H20BrF4N3O4. The first-order valence-electron chi connectivity index (χ1n) is 10.6.